The standard InChI is InChI=1S/C36H32N6O3S2/c1-2-3-7-18-45-35(44)25-10-12-28(13-11-25)38-33(43)27(22-37)20-30-21-32-34(46-30)39-36(47-32)41-40-29-14-15-31-26(19-29)16-17-42(31)23-24-8-5-4-6-9-24/h4-6,8-15,19-21H,2-3,7,16-18,23H2,1H3,(H,38,43)/b27-20+,41-40?. The van der Waals surface area contributed by atoms with Crippen molar-refractivity contribution in [3.8, 4) is 6.07 Å². The molecule has 0 radical (unpaired) electrons. The molecular weight excluding hydrogens is 629 g/mol. The van der Waals surface area contributed by atoms with E-state index >= 15 is 0 Å². The fourth-order valence-corrected chi connectivity index (χ4v) is 7.21. The fourth-order valence-electron chi connectivity index (χ4n) is 5.22. The fraction of sp³-hybridized carbons (Fsp3) is 0.222. The van der Waals surface area contributed by atoms with Gasteiger partial charge < -0.3 is 15.0 Å². The van der Waals surface area contributed by atoms with Crippen molar-refractivity contribution in [2.45, 2.75) is 39.2 Å². The summed E-state index contributed by atoms with van der Waals surface area (Å²) in [6.07, 6.45) is 5.40. The third kappa shape index (κ3) is 7.98. The molecule has 0 spiro atoms. The van der Waals surface area contributed by atoms with Crippen LogP contribution in [0, 0.1) is 11.3 Å². The second-order valence-electron chi connectivity index (χ2n) is 11.0. The Balaban J connectivity index is 1.06. The maximum atomic E-state index is 12.8. The summed E-state index contributed by atoms with van der Waals surface area (Å²) in [7, 11) is 0. The van der Waals surface area contributed by atoms with E-state index in [-0.39, 0.29) is 5.57 Å². The molecule has 1 N–H and O–H groups in total. The number of thiazole rings is 1. The lowest BCUT2D eigenvalue weighted by atomic mass is 10.1. The molecule has 0 bridgehead atoms. The van der Waals surface area contributed by atoms with Gasteiger partial charge in [-0.3, -0.25) is 4.79 Å². The SMILES string of the molecule is CCCCCOC(=O)c1ccc(NC(=O)/C(C#N)=C/c2cc3sc(N=Nc4ccc5c(c4)CCN5Cc4ccccc4)nc3s2)cc1. The summed E-state index contributed by atoms with van der Waals surface area (Å²) in [5.41, 5.74) is 5.40. The number of rotatable bonds is 12. The van der Waals surface area contributed by atoms with Crippen LogP contribution >= 0.6 is 22.7 Å². The highest BCUT2D eigenvalue weighted by atomic mass is 32.1. The summed E-state index contributed by atoms with van der Waals surface area (Å²) in [4.78, 5) is 33.5. The van der Waals surface area contributed by atoms with Gasteiger partial charge in [0.2, 0.25) is 5.13 Å². The van der Waals surface area contributed by atoms with E-state index in [1.54, 1.807) is 30.3 Å². The second kappa shape index (κ2) is 14.9. The summed E-state index contributed by atoms with van der Waals surface area (Å²) >= 11 is 2.77. The lowest BCUT2D eigenvalue weighted by molar-refractivity contribution is -0.112. The summed E-state index contributed by atoms with van der Waals surface area (Å²) in [6, 6.07) is 26.9. The van der Waals surface area contributed by atoms with Crippen LogP contribution in [0.15, 0.2) is 94.7 Å². The number of nitriles is 1. The largest absolute Gasteiger partial charge is 0.462 e. The highest BCUT2D eigenvalue weighted by molar-refractivity contribution is 7.29. The molecule has 6 rings (SSSR count). The van der Waals surface area contributed by atoms with E-state index in [4.69, 9.17) is 4.74 Å². The van der Waals surface area contributed by atoms with Crippen LogP contribution in [0.2, 0.25) is 0 Å². The summed E-state index contributed by atoms with van der Waals surface area (Å²) in [5.74, 6) is -0.943. The highest BCUT2D eigenvalue weighted by Crippen LogP contribution is 2.37. The highest BCUT2D eigenvalue weighted by Gasteiger charge is 2.19. The van der Waals surface area contributed by atoms with Gasteiger partial charge in [0.05, 0.1) is 22.6 Å². The normalized spacial score (nSPS) is 12.8. The minimum Gasteiger partial charge on any atom is -0.462 e. The number of esters is 1. The average Bonchev–Trinajstić information content (AvgIpc) is 3.78. The van der Waals surface area contributed by atoms with Crippen molar-refractivity contribution >= 4 is 72.4 Å². The number of anilines is 2. The number of amides is 1. The molecule has 47 heavy (non-hydrogen) atoms. The minimum atomic E-state index is -0.542. The van der Waals surface area contributed by atoms with Crippen LogP contribution < -0.4 is 10.2 Å². The van der Waals surface area contributed by atoms with E-state index in [0.29, 0.717) is 23.0 Å². The quantitative estimate of drug-likeness (QED) is 0.0468. The van der Waals surface area contributed by atoms with E-state index in [1.807, 2.05) is 24.3 Å². The van der Waals surface area contributed by atoms with Gasteiger partial charge in [-0.25, -0.2) is 9.78 Å². The Hall–Kier alpha value is -5.18. The molecule has 3 heterocycles. The zero-order valence-corrected chi connectivity index (χ0v) is 27.4. The van der Waals surface area contributed by atoms with Crippen molar-refractivity contribution in [3.63, 3.8) is 0 Å². The number of ether oxygens (including phenoxy) is 1. The van der Waals surface area contributed by atoms with Crippen molar-refractivity contribution in [1.82, 2.24) is 4.98 Å². The molecule has 2 aromatic heterocycles. The molecule has 1 aliphatic rings. The number of thiophene rings is 1. The van der Waals surface area contributed by atoms with Gasteiger partial charge in [0.25, 0.3) is 5.91 Å². The van der Waals surface area contributed by atoms with Gasteiger partial charge in [-0.05, 0) is 78.6 Å². The monoisotopic (exact) mass is 660 g/mol. The molecule has 1 amide bonds. The van der Waals surface area contributed by atoms with E-state index in [0.717, 1.165) is 58.9 Å². The smallest absolute Gasteiger partial charge is 0.338 e. The van der Waals surface area contributed by atoms with Crippen LogP contribution in [0.4, 0.5) is 22.2 Å². The third-order valence-electron chi connectivity index (χ3n) is 7.63. The first kappa shape index (κ1) is 31.8. The van der Waals surface area contributed by atoms with Crippen LogP contribution in [0.1, 0.15) is 52.5 Å². The van der Waals surface area contributed by atoms with Gasteiger partial charge in [-0.1, -0.05) is 61.4 Å². The van der Waals surface area contributed by atoms with Gasteiger partial charge in [-0.15, -0.1) is 21.6 Å². The molecule has 0 saturated carbocycles. The predicted octanol–water partition coefficient (Wildman–Crippen LogP) is 9.23. The lowest BCUT2D eigenvalue weighted by Crippen LogP contribution is -2.19. The Kier molecular flexibility index (Phi) is 10.1. The molecular formula is C36H32N6O3S2. The Morgan fingerprint density at radius 3 is 2.64 bits per heavy atom. The summed E-state index contributed by atoms with van der Waals surface area (Å²) < 4.78 is 6.17. The van der Waals surface area contributed by atoms with Gasteiger partial charge >= 0.3 is 5.97 Å². The minimum absolute atomic E-state index is 0.0443. The number of fused-ring (bicyclic) bond motifs is 2. The van der Waals surface area contributed by atoms with Crippen LogP contribution in [-0.2, 0) is 22.5 Å². The maximum Gasteiger partial charge on any atom is 0.338 e. The van der Waals surface area contributed by atoms with Crippen molar-refractivity contribution in [1.29, 1.82) is 5.26 Å². The number of nitrogens with one attached hydrogen (secondary N) is 1. The molecule has 0 saturated heterocycles. The molecule has 0 unspecified atom stereocenters. The zero-order chi connectivity index (χ0) is 32.6. The number of carbonyl (C=O) groups is 2. The molecule has 3 aromatic carbocycles. The number of aromatic nitrogens is 1. The molecule has 0 atom stereocenters. The Labute approximate surface area is 280 Å². The van der Waals surface area contributed by atoms with E-state index in [1.165, 1.54) is 39.5 Å². The number of nitrogens with zero attached hydrogens (tertiary/aromatic N) is 5. The number of azo groups is 1. The van der Waals surface area contributed by atoms with Crippen LogP contribution in [-0.4, -0.2) is 30.0 Å². The number of hydrogen-bond donors (Lipinski definition) is 1. The van der Waals surface area contributed by atoms with Crippen LogP contribution in [0.3, 0.4) is 0 Å². The van der Waals surface area contributed by atoms with Crippen molar-refractivity contribution < 1.29 is 14.3 Å². The molecule has 11 heteroatoms. The zero-order valence-electron chi connectivity index (χ0n) is 25.8. The summed E-state index contributed by atoms with van der Waals surface area (Å²) in [5, 5.41) is 21.8. The van der Waals surface area contributed by atoms with Gasteiger partial charge in [0.1, 0.15) is 16.5 Å². The van der Waals surface area contributed by atoms with Gasteiger partial charge in [0, 0.05) is 29.3 Å². The molecule has 0 fully saturated rings. The van der Waals surface area contributed by atoms with Gasteiger partial charge in [0.15, 0.2) is 0 Å². The second-order valence-corrected chi connectivity index (χ2v) is 13.1. The third-order valence-corrected chi connectivity index (χ3v) is 9.62. The Morgan fingerprint density at radius 2 is 1.87 bits per heavy atom. The van der Waals surface area contributed by atoms with E-state index < -0.39 is 11.9 Å². The molecule has 9 nitrogen and oxygen atoms in total. The Bertz CT molecular complexity index is 1960. The molecule has 5 aromatic rings. The van der Waals surface area contributed by atoms with Crippen LogP contribution in [0.25, 0.3) is 15.6 Å². The molecule has 236 valence electrons. The first-order valence-electron chi connectivity index (χ1n) is 15.4. The summed E-state index contributed by atoms with van der Waals surface area (Å²) in [6.45, 7) is 4.33. The predicted molar refractivity (Wildman–Crippen MR) is 188 cm³/mol. The first-order valence-corrected chi connectivity index (χ1v) is 17.1. The lowest BCUT2D eigenvalue weighted by Gasteiger charge is -2.19. The number of carbonyl (C=O) groups excluding carboxylic acids is 2. The molecule has 1 aliphatic heterocycles. The Morgan fingerprint density at radius 1 is 1.04 bits per heavy atom. The van der Waals surface area contributed by atoms with Crippen LogP contribution in [0.5, 0.6) is 0 Å². The number of benzene rings is 3. The van der Waals surface area contributed by atoms with Gasteiger partial charge in [-0.2, -0.15) is 5.26 Å². The van der Waals surface area contributed by atoms with Crippen molar-refractivity contribution in [2.75, 3.05) is 23.4 Å². The topological polar surface area (TPSA) is 120 Å². The number of hydrogen-bond acceptors (Lipinski definition) is 10. The van der Waals surface area contributed by atoms with E-state index in [2.05, 4.69) is 68.8 Å². The average molecular weight is 661 g/mol. The first-order chi connectivity index (χ1) is 23.0. The maximum absolute atomic E-state index is 12.8. The van der Waals surface area contributed by atoms with E-state index in [9.17, 15) is 14.9 Å². The van der Waals surface area contributed by atoms with Crippen molar-refractivity contribution in [3.05, 3.63) is 106 Å². The molecule has 0 aliphatic carbocycles. The number of unbranched alkanes of at least 4 members (excludes halogenated alkanes) is 2. The van der Waals surface area contributed by atoms with Crippen molar-refractivity contribution in [2.24, 2.45) is 10.2 Å².